The van der Waals surface area contributed by atoms with Gasteiger partial charge in [-0.2, -0.15) is 13.2 Å². The van der Waals surface area contributed by atoms with Crippen LogP contribution in [0.3, 0.4) is 0 Å². The summed E-state index contributed by atoms with van der Waals surface area (Å²) in [7, 11) is 0. The zero-order valence-electron chi connectivity index (χ0n) is 26.1. The highest BCUT2D eigenvalue weighted by Gasteiger charge is 2.38. The Kier molecular flexibility index (Phi) is 12.6. The number of carboxylic acid groups (broad SMARTS) is 1. The number of alkyl halides is 3. The van der Waals surface area contributed by atoms with Gasteiger partial charge >= 0.3 is 18.2 Å². The molecule has 46 heavy (non-hydrogen) atoms. The Morgan fingerprint density at radius 2 is 1.43 bits per heavy atom. The highest BCUT2D eigenvalue weighted by Crippen LogP contribution is 2.25. The van der Waals surface area contributed by atoms with Crippen molar-refractivity contribution in [3.63, 3.8) is 0 Å². The Morgan fingerprint density at radius 1 is 0.870 bits per heavy atom. The maximum Gasteiger partial charge on any atom is 0.490 e. The molecule has 0 aromatic heterocycles. The van der Waals surface area contributed by atoms with Crippen LogP contribution in [0.2, 0.25) is 0 Å². The molecule has 1 fully saturated rings. The zero-order valence-corrected chi connectivity index (χ0v) is 26.1. The lowest BCUT2D eigenvalue weighted by atomic mass is 9.90. The second kappa shape index (κ2) is 16.8. The second-order valence-electron chi connectivity index (χ2n) is 11.8. The van der Waals surface area contributed by atoms with Crippen LogP contribution in [0, 0.1) is 5.92 Å². The van der Waals surface area contributed by atoms with Crippen LogP contribution in [0.1, 0.15) is 48.9 Å². The number of nitrogens with one attached hydrogen (secondary N) is 1. The molecule has 0 spiro atoms. The molecule has 1 aliphatic rings. The predicted molar refractivity (Wildman–Crippen MR) is 175 cm³/mol. The number of fused-ring (bicyclic) bond motifs is 1. The lowest BCUT2D eigenvalue weighted by molar-refractivity contribution is -0.192. The van der Waals surface area contributed by atoms with Gasteiger partial charge in [-0.1, -0.05) is 103 Å². The van der Waals surface area contributed by atoms with Crippen LogP contribution >= 0.6 is 0 Å². The van der Waals surface area contributed by atoms with Crippen LogP contribution in [0.5, 0.6) is 0 Å². The van der Waals surface area contributed by atoms with Crippen LogP contribution in [-0.2, 0) is 17.8 Å². The number of carbonyl (C=O) groups is 2. The van der Waals surface area contributed by atoms with E-state index in [4.69, 9.17) is 9.90 Å². The fraction of sp³-hybridized carbons (Fsp3) is 0.351. The highest BCUT2D eigenvalue weighted by molar-refractivity contribution is 5.86. The standard InChI is InChI=1S/C35H41N3O.C2HF3O2/c1-28(33-19-10-17-32-16-8-9-18-34(32)33)36-35(39)38(27-31-14-6-3-7-15-31)23-11-22-37-24-20-30(21-25-37)26-29-12-4-2-5-13-29;3-2(4,5)1(6)7/h2-10,12-19,28,30H,11,20-27H2,1H3,(H,36,39);(H,6,7)/t28-;/m0./s1. The quantitative estimate of drug-likeness (QED) is 0.185. The molecule has 6 nitrogen and oxygen atoms in total. The van der Waals surface area contributed by atoms with Crippen molar-refractivity contribution in [1.29, 1.82) is 0 Å². The minimum absolute atomic E-state index is 0.000793. The highest BCUT2D eigenvalue weighted by atomic mass is 19.4. The minimum Gasteiger partial charge on any atom is -0.475 e. The van der Waals surface area contributed by atoms with Gasteiger partial charge in [0.25, 0.3) is 0 Å². The van der Waals surface area contributed by atoms with Gasteiger partial charge in [-0.25, -0.2) is 9.59 Å². The average molecular weight is 634 g/mol. The van der Waals surface area contributed by atoms with Crippen LogP contribution in [0.4, 0.5) is 18.0 Å². The van der Waals surface area contributed by atoms with Crippen molar-refractivity contribution in [2.75, 3.05) is 26.2 Å². The van der Waals surface area contributed by atoms with Gasteiger partial charge in [-0.05, 0) is 85.6 Å². The molecule has 2 N–H and O–H groups in total. The lowest BCUT2D eigenvalue weighted by Gasteiger charge is -2.33. The molecule has 0 radical (unpaired) electrons. The van der Waals surface area contributed by atoms with Gasteiger partial charge in [0.1, 0.15) is 0 Å². The SMILES string of the molecule is C[C@H](NC(=O)N(CCCN1CCC(Cc2ccccc2)CC1)Cc1ccccc1)c1cccc2ccccc12.O=C(O)C(F)(F)F. The summed E-state index contributed by atoms with van der Waals surface area (Å²) < 4.78 is 31.7. The van der Waals surface area contributed by atoms with Crippen LogP contribution in [0.15, 0.2) is 103 Å². The van der Waals surface area contributed by atoms with E-state index in [1.54, 1.807) is 0 Å². The first-order valence-electron chi connectivity index (χ1n) is 15.7. The number of piperidine rings is 1. The third kappa shape index (κ3) is 10.6. The molecule has 0 unspecified atom stereocenters. The molecule has 2 amide bonds. The summed E-state index contributed by atoms with van der Waals surface area (Å²) >= 11 is 0. The summed E-state index contributed by atoms with van der Waals surface area (Å²) in [6, 6.07) is 35.8. The molecular weight excluding hydrogens is 591 g/mol. The summed E-state index contributed by atoms with van der Waals surface area (Å²) in [5, 5.41) is 12.8. The summed E-state index contributed by atoms with van der Waals surface area (Å²) in [4.78, 5) is 27.0. The summed E-state index contributed by atoms with van der Waals surface area (Å²) in [6.07, 6.45) is -0.405. The molecule has 0 bridgehead atoms. The van der Waals surface area contributed by atoms with E-state index in [0.717, 1.165) is 49.6 Å². The normalized spacial score (nSPS) is 14.6. The first-order chi connectivity index (χ1) is 22.1. The van der Waals surface area contributed by atoms with Gasteiger partial charge in [0.2, 0.25) is 0 Å². The number of carbonyl (C=O) groups excluding carboxylic acids is 1. The largest absolute Gasteiger partial charge is 0.490 e. The maximum atomic E-state index is 13.6. The monoisotopic (exact) mass is 633 g/mol. The third-order valence-electron chi connectivity index (χ3n) is 8.35. The van der Waals surface area contributed by atoms with Crippen molar-refractivity contribution < 1.29 is 27.9 Å². The van der Waals surface area contributed by atoms with E-state index in [0.29, 0.717) is 6.54 Å². The number of benzene rings is 4. The average Bonchev–Trinajstić information content (AvgIpc) is 3.05. The number of urea groups is 1. The first kappa shape index (κ1) is 34.5. The van der Waals surface area contributed by atoms with Crippen molar-refractivity contribution in [2.24, 2.45) is 5.92 Å². The molecule has 5 rings (SSSR count). The molecule has 9 heteroatoms. The number of carboxylic acids is 1. The van der Waals surface area contributed by atoms with E-state index >= 15 is 0 Å². The smallest absolute Gasteiger partial charge is 0.475 e. The van der Waals surface area contributed by atoms with Crippen LogP contribution < -0.4 is 5.32 Å². The van der Waals surface area contributed by atoms with E-state index < -0.39 is 12.1 Å². The molecule has 1 saturated heterocycles. The van der Waals surface area contributed by atoms with E-state index in [1.807, 2.05) is 23.1 Å². The molecular formula is C37H42F3N3O3. The van der Waals surface area contributed by atoms with Gasteiger partial charge < -0.3 is 20.2 Å². The number of amides is 2. The van der Waals surface area contributed by atoms with Crippen LogP contribution in [-0.4, -0.2) is 59.3 Å². The Morgan fingerprint density at radius 3 is 2.07 bits per heavy atom. The van der Waals surface area contributed by atoms with Gasteiger partial charge in [-0.15, -0.1) is 0 Å². The summed E-state index contributed by atoms with van der Waals surface area (Å²) in [5.41, 5.74) is 3.77. The number of hydrogen-bond acceptors (Lipinski definition) is 3. The molecule has 4 aromatic carbocycles. The number of likely N-dealkylation sites (tertiary alicyclic amines) is 1. The van der Waals surface area contributed by atoms with Gasteiger partial charge in [-0.3, -0.25) is 0 Å². The Labute approximate surface area is 268 Å². The van der Waals surface area contributed by atoms with Gasteiger partial charge in [0.15, 0.2) is 0 Å². The summed E-state index contributed by atoms with van der Waals surface area (Å²) in [6.45, 7) is 6.79. The predicted octanol–water partition coefficient (Wildman–Crippen LogP) is 8.09. The van der Waals surface area contributed by atoms with E-state index in [2.05, 4.69) is 102 Å². The van der Waals surface area contributed by atoms with Crippen LogP contribution in [0.25, 0.3) is 10.8 Å². The number of rotatable bonds is 10. The van der Waals surface area contributed by atoms with Gasteiger partial charge in [0, 0.05) is 13.1 Å². The maximum absolute atomic E-state index is 13.6. The van der Waals surface area contributed by atoms with Crippen molar-refractivity contribution in [1.82, 2.24) is 15.1 Å². The van der Waals surface area contributed by atoms with Crippen molar-refractivity contribution in [3.05, 3.63) is 120 Å². The molecule has 244 valence electrons. The molecule has 1 aliphatic heterocycles. The molecule has 0 saturated carbocycles. The fourth-order valence-corrected chi connectivity index (χ4v) is 5.89. The van der Waals surface area contributed by atoms with Crippen molar-refractivity contribution in [3.8, 4) is 0 Å². The summed E-state index contributed by atoms with van der Waals surface area (Å²) in [5.74, 6) is -1.98. The Hall–Kier alpha value is -4.37. The number of aliphatic carboxylic acids is 1. The first-order valence-corrected chi connectivity index (χ1v) is 15.7. The Bertz CT molecular complexity index is 1520. The minimum atomic E-state index is -5.08. The molecule has 1 atom stereocenters. The van der Waals surface area contributed by atoms with Gasteiger partial charge in [0.05, 0.1) is 6.04 Å². The molecule has 0 aliphatic carbocycles. The van der Waals surface area contributed by atoms with E-state index in [9.17, 15) is 18.0 Å². The molecule has 1 heterocycles. The van der Waals surface area contributed by atoms with E-state index in [-0.39, 0.29) is 12.1 Å². The Balaban J connectivity index is 0.000000617. The molecule has 4 aromatic rings. The number of hydrogen-bond donors (Lipinski definition) is 2. The second-order valence-corrected chi connectivity index (χ2v) is 11.8. The zero-order chi connectivity index (χ0) is 32.9. The van der Waals surface area contributed by atoms with Crippen molar-refractivity contribution >= 4 is 22.8 Å². The third-order valence-corrected chi connectivity index (χ3v) is 8.35. The fourth-order valence-electron chi connectivity index (χ4n) is 5.89. The van der Waals surface area contributed by atoms with Crippen molar-refractivity contribution in [2.45, 2.75) is 51.4 Å². The number of halogens is 3. The lowest BCUT2D eigenvalue weighted by Crippen LogP contribution is -2.42. The van der Waals surface area contributed by atoms with E-state index in [1.165, 1.54) is 35.6 Å². The topological polar surface area (TPSA) is 72.9 Å². The number of nitrogens with zero attached hydrogens (tertiary/aromatic N) is 2.